The van der Waals surface area contributed by atoms with Crippen molar-refractivity contribution >= 4 is 35.6 Å². The average Bonchev–Trinajstić information content (AvgIpc) is 2.60. The molecule has 4 amide bonds. The van der Waals surface area contributed by atoms with E-state index >= 15 is 0 Å². The average molecular weight is 431 g/mol. The van der Waals surface area contributed by atoms with Gasteiger partial charge in [-0.1, -0.05) is 13.8 Å². The first kappa shape index (κ1) is 26.8. The normalized spacial score (nSPS) is 14.7. The molecule has 0 aliphatic carbocycles. The van der Waals surface area contributed by atoms with Crippen LogP contribution in [0.25, 0.3) is 0 Å². The van der Waals surface area contributed by atoms with E-state index in [4.69, 9.17) is 16.6 Å². The second kappa shape index (κ2) is 12.4. The molecule has 13 heteroatoms. The summed E-state index contributed by atoms with van der Waals surface area (Å²) in [6.07, 6.45) is -1.10. The van der Waals surface area contributed by atoms with E-state index in [2.05, 4.69) is 16.0 Å². The molecule has 0 fully saturated rings. The van der Waals surface area contributed by atoms with Gasteiger partial charge >= 0.3 is 11.9 Å². The number of hydrogen-bond acceptors (Lipinski definition) is 7. The number of carboxylic acids is 2. The zero-order valence-electron chi connectivity index (χ0n) is 17.0. The number of carboxylic acid groups (broad SMARTS) is 2. The fraction of sp³-hybridized carbons (Fsp3) is 0.647. The van der Waals surface area contributed by atoms with E-state index in [1.165, 1.54) is 6.92 Å². The summed E-state index contributed by atoms with van der Waals surface area (Å²) in [7, 11) is 0. The van der Waals surface area contributed by atoms with Crippen LogP contribution in [0.4, 0.5) is 0 Å². The van der Waals surface area contributed by atoms with Crippen LogP contribution in [0.15, 0.2) is 0 Å². The molecule has 13 nitrogen and oxygen atoms in total. The number of amides is 4. The lowest BCUT2D eigenvalue weighted by atomic mass is 10.0. The molecule has 0 aliphatic rings. The van der Waals surface area contributed by atoms with Gasteiger partial charge in [-0.05, 0) is 19.3 Å². The van der Waals surface area contributed by atoms with Gasteiger partial charge in [0.1, 0.15) is 18.1 Å². The second-order valence-corrected chi connectivity index (χ2v) is 7.07. The molecule has 9 N–H and O–H groups in total. The Morgan fingerprint density at radius 2 is 1.43 bits per heavy atom. The summed E-state index contributed by atoms with van der Waals surface area (Å²) in [5, 5.41) is 24.7. The molecule has 0 aliphatic heterocycles. The molecule has 0 aromatic rings. The predicted molar refractivity (Wildman–Crippen MR) is 103 cm³/mol. The van der Waals surface area contributed by atoms with Gasteiger partial charge in [0.2, 0.25) is 23.6 Å². The molecule has 0 aromatic heterocycles. The molecule has 4 unspecified atom stereocenters. The van der Waals surface area contributed by atoms with Crippen LogP contribution < -0.4 is 27.4 Å². The fourth-order valence-electron chi connectivity index (χ4n) is 2.29. The second-order valence-electron chi connectivity index (χ2n) is 7.07. The predicted octanol–water partition coefficient (Wildman–Crippen LogP) is -2.73. The summed E-state index contributed by atoms with van der Waals surface area (Å²) in [5.74, 6) is -6.31. The van der Waals surface area contributed by atoms with Gasteiger partial charge in [-0.15, -0.1) is 0 Å². The standard InChI is InChI=1S/C17H29N5O8/c1-7(2)13(17(29)30)22-16(28)10(4-5-11(19)23)21-14(26)8(3)20-15(27)9(18)6-12(24)25/h7-10,13H,4-6,18H2,1-3H3,(H2,19,23)(H,20,27)(H,21,26)(H,22,28)(H,24,25)(H,29,30). The van der Waals surface area contributed by atoms with Crippen molar-refractivity contribution in [2.75, 3.05) is 0 Å². The van der Waals surface area contributed by atoms with Gasteiger partial charge in [-0.25, -0.2) is 4.79 Å². The van der Waals surface area contributed by atoms with E-state index in [0.29, 0.717) is 0 Å². The molecule has 0 saturated heterocycles. The molecular weight excluding hydrogens is 402 g/mol. The summed E-state index contributed by atoms with van der Waals surface area (Å²) >= 11 is 0. The lowest BCUT2D eigenvalue weighted by Crippen LogP contribution is -2.57. The summed E-state index contributed by atoms with van der Waals surface area (Å²) in [5.41, 5.74) is 10.5. The highest BCUT2D eigenvalue weighted by Gasteiger charge is 2.30. The van der Waals surface area contributed by atoms with Crippen LogP contribution in [0.2, 0.25) is 0 Å². The quantitative estimate of drug-likeness (QED) is 0.160. The fourth-order valence-corrected chi connectivity index (χ4v) is 2.29. The molecule has 0 bridgehead atoms. The molecule has 0 radical (unpaired) electrons. The van der Waals surface area contributed by atoms with Crippen molar-refractivity contribution in [3.8, 4) is 0 Å². The zero-order valence-corrected chi connectivity index (χ0v) is 17.0. The van der Waals surface area contributed by atoms with Crippen LogP contribution in [0.3, 0.4) is 0 Å². The molecule has 0 heterocycles. The van der Waals surface area contributed by atoms with E-state index < -0.39 is 72.1 Å². The Labute approximate surface area is 172 Å². The molecule has 0 saturated carbocycles. The Hall–Kier alpha value is -3.22. The number of primary amides is 1. The molecule has 0 spiro atoms. The minimum absolute atomic E-state index is 0.198. The maximum absolute atomic E-state index is 12.5. The molecule has 0 rings (SSSR count). The minimum atomic E-state index is -1.38. The number of nitrogens with two attached hydrogens (primary N) is 2. The largest absolute Gasteiger partial charge is 0.481 e. The van der Waals surface area contributed by atoms with E-state index in [1.807, 2.05) is 0 Å². The number of rotatable bonds is 13. The number of carbonyl (C=O) groups is 6. The van der Waals surface area contributed by atoms with Crippen molar-refractivity contribution in [2.24, 2.45) is 17.4 Å². The van der Waals surface area contributed by atoms with Crippen LogP contribution in [0.5, 0.6) is 0 Å². The summed E-state index contributed by atoms with van der Waals surface area (Å²) in [6.45, 7) is 4.43. The van der Waals surface area contributed by atoms with Crippen molar-refractivity contribution in [2.45, 2.75) is 64.2 Å². The van der Waals surface area contributed by atoms with Crippen molar-refractivity contribution in [1.29, 1.82) is 0 Å². The smallest absolute Gasteiger partial charge is 0.326 e. The van der Waals surface area contributed by atoms with Crippen LogP contribution in [0.1, 0.15) is 40.0 Å². The molecule has 0 aromatic carbocycles. The van der Waals surface area contributed by atoms with Crippen LogP contribution in [-0.4, -0.2) is 69.9 Å². The van der Waals surface area contributed by atoms with Gasteiger partial charge in [0.25, 0.3) is 0 Å². The highest BCUT2D eigenvalue weighted by atomic mass is 16.4. The van der Waals surface area contributed by atoms with Gasteiger partial charge in [0.05, 0.1) is 12.5 Å². The lowest BCUT2D eigenvalue weighted by Gasteiger charge is -2.24. The minimum Gasteiger partial charge on any atom is -0.481 e. The zero-order chi connectivity index (χ0) is 23.6. The third-order valence-electron chi connectivity index (χ3n) is 4.03. The van der Waals surface area contributed by atoms with Gasteiger partial charge in [-0.2, -0.15) is 0 Å². The Bertz CT molecular complexity index is 681. The highest BCUT2D eigenvalue weighted by molar-refractivity contribution is 5.94. The molecule has 30 heavy (non-hydrogen) atoms. The summed E-state index contributed by atoms with van der Waals surface area (Å²) in [4.78, 5) is 69.6. The first-order valence-electron chi connectivity index (χ1n) is 9.15. The van der Waals surface area contributed by atoms with Crippen molar-refractivity contribution in [3.05, 3.63) is 0 Å². The number of hydrogen-bond donors (Lipinski definition) is 7. The van der Waals surface area contributed by atoms with E-state index in [0.717, 1.165) is 0 Å². The monoisotopic (exact) mass is 431 g/mol. The third kappa shape index (κ3) is 9.82. The maximum atomic E-state index is 12.5. The van der Waals surface area contributed by atoms with E-state index in [9.17, 15) is 33.9 Å². The first-order valence-corrected chi connectivity index (χ1v) is 9.15. The van der Waals surface area contributed by atoms with Gasteiger partial charge in [0, 0.05) is 6.42 Å². The van der Waals surface area contributed by atoms with Gasteiger partial charge in [-0.3, -0.25) is 24.0 Å². The van der Waals surface area contributed by atoms with Crippen molar-refractivity contribution < 1.29 is 39.0 Å². The van der Waals surface area contributed by atoms with Gasteiger partial charge in [0.15, 0.2) is 0 Å². The van der Waals surface area contributed by atoms with Crippen molar-refractivity contribution in [3.63, 3.8) is 0 Å². The van der Waals surface area contributed by atoms with E-state index in [-0.39, 0.29) is 12.8 Å². The van der Waals surface area contributed by atoms with Crippen LogP contribution in [0, 0.1) is 5.92 Å². The molecular formula is C17H29N5O8. The first-order chi connectivity index (χ1) is 13.8. The van der Waals surface area contributed by atoms with Crippen LogP contribution >= 0.6 is 0 Å². The van der Waals surface area contributed by atoms with Gasteiger partial charge < -0.3 is 37.6 Å². The highest BCUT2D eigenvalue weighted by Crippen LogP contribution is 2.05. The lowest BCUT2D eigenvalue weighted by molar-refractivity contribution is -0.143. The number of carbonyl (C=O) groups excluding carboxylic acids is 4. The number of aliphatic carboxylic acids is 2. The Kier molecular flexibility index (Phi) is 11.0. The Morgan fingerprint density at radius 3 is 1.87 bits per heavy atom. The summed E-state index contributed by atoms with van der Waals surface area (Å²) in [6, 6.07) is -5.09. The topological polar surface area (TPSA) is 231 Å². The third-order valence-corrected chi connectivity index (χ3v) is 4.03. The maximum Gasteiger partial charge on any atom is 0.326 e. The van der Waals surface area contributed by atoms with Crippen LogP contribution in [-0.2, 0) is 28.8 Å². The van der Waals surface area contributed by atoms with E-state index in [1.54, 1.807) is 13.8 Å². The molecule has 170 valence electrons. The molecule has 4 atom stereocenters. The SMILES string of the molecule is CC(NC(=O)C(N)CC(=O)O)C(=O)NC(CCC(N)=O)C(=O)NC(C(=O)O)C(C)C. The summed E-state index contributed by atoms with van der Waals surface area (Å²) < 4.78 is 0. The Balaban J connectivity index is 5.17. The number of nitrogens with one attached hydrogen (secondary N) is 3. The van der Waals surface area contributed by atoms with Crippen molar-refractivity contribution in [1.82, 2.24) is 16.0 Å². The Morgan fingerprint density at radius 1 is 0.867 bits per heavy atom.